The summed E-state index contributed by atoms with van der Waals surface area (Å²) in [6, 6.07) is 6.96. The van der Waals surface area contributed by atoms with Gasteiger partial charge in [-0.25, -0.2) is 0 Å². The molecule has 28 heavy (non-hydrogen) atoms. The van der Waals surface area contributed by atoms with E-state index in [9.17, 15) is 22.8 Å². The predicted molar refractivity (Wildman–Crippen MR) is 99.9 cm³/mol. The number of ether oxygens (including phenoxy) is 1. The summed E-state index contributed by atoms with van der Waals surface area (Å²) in [4.78, 5) is 27.2. The topological polar surface area (TPSA) is 46.6 Å². The van der Waals surface area contributed by atoms with Gasteiger partial charge in [0.1, 0.15) is 16.3 Å². The molecule has 1 aliphatic carbocycles. The van der Waals surface area contributed by atoms with E-state index < -0.39 is 29.8 Å². The third-order valence-corrected chi connectivity index (χ3v) is 6.86. The van der Waals surface area contributed by atoms with Gasteiger partial charge in [0.25, 0.3) is 0 Å². The zero-order valence-electron chi connectivity index (χ0n) is 15.2. The van der Waals surface area contributed by atoms with Crippen molar-refractivity contribution in [1.29, 1.82) is 0 Å². The Morgan fingerprint density at radius 2 is 1.75 bits per heavy atom. The predicted octanol–water partition coefficient (Wildman–Crippen LogP) is 4.06. The minimum Gasteiger partial charge on any atom is -0.484 e. The van der Waals surface area contributed by atoms with Gasteiger partial charge in [0.05, 0.1) is 0 Å². The van der Waals surface area contributed by atoms with Gasteiger partial charge in [0.2, 0.25) is 11.6 Å². The molecule has 1 fully saturated rings. The number of ketones is 2. The number of carbonyl (C=O) groups is 2. The number of rotatable bonds is 3. The molecule has 0 bridgehead atoms. The van der Waals surface area contributed by atoms with Crippen LogP contribution in [-0.4, -0.2) is 53.6 Å². The lowest BCUT2D eigenvalue weighted by molar-refractivity contribution is -0.136. The van der Waals surface area contributed by atoms with Crippen LogP contribution in [0.5, 0.6) is 0 Å². The van der Waals surface area contributed by atoms with Gasteiger partial charge in [-0.15, -0.1) is 11.8 Å². The van der Waals surface area contributed by atoms with Gasteiger partial charge in [-0.3, -0.25) is 9.59 Å². The first kappa shape index (κ1) is 19.5. The fraction of sp³-hybridized carbons (Fsp3) is 0.500. The minimum absolute atomic E-state index is 0.103. The quantitative estimate of drug-likeness (QED) is 0.702. The molecule has 0 radical (unpaired) electrons. The van der Waals surface area contributed by atoms with E-state index in [4.69, 9.17) is 4.74 Å². The average Bonchev–Trinajstić information content (AvgIpc) is 2.67. The summed E-state index contributed by atoms with van der Waals surface area (Å²) in [5.41, 5.74) is 0.576. The Morgan fingerprint density at radius 1 is 1.07 bits per heavy atom. The number of benzene rings is 1. The Hall–Kier alpha value is -1.80. The lowest BCUT2D eigenvalue weighted by Gasteiger charge is -2.45. The van der Waals surface area contributed by atoms with Gasteiger partial charge >= 0.3 is 6.18 Å². The van der Waals surface area contributed by atoms with Crippen molar-refractivity contribution in [1.82, 2.24) is 4.90 Å². The summed E-state index contributed by atoms with van der Waals surface area (Å²) in [5.74, 6) is 0.0460. The molecule has 0 aromatic heterocycles. The minimum atomic E-state index is -4.11. The molecule has 4 rings (SSSR count). The fourth-order valence-electron chi connectivity index (χ4n) is 3.95. The molecular formula is C20H20F3NO3S. The zero-order valence-corrected chi connectivity index (χ0v) is 16.0. The van der Waals surface area contributed by atoms with Crippen LogP contribution in [0.2, 0.25) is 0 Å². The van der Waals surface area contributed by atoms with E-state index in [1.807, 2.05) is 11.0 Å². The maximum atomic E-state index is 12.4. The molecule has 8 heteroatoms. The summed E-state index contributed by atoms with van der Waals surface area (Å²) >= 11 is 1.37. The van der Waals surface area contributed by atoms with Crippen LogP contribution in [0.15, 0.2) is 29.2 Å². The maximum Gasteiger partial charge on any atom is 0.389 e. The van der Waals surface area contributed by atoms with Gasteiger partial charge in [0, 0.05) is 49.2 Å². The number of carbonyl (C=O) groups excluding carboxylic acids is 2. The number of halogens is 3. The molecule has 3 aliphatic rings. The smallest absolute Gasteiger partial charge is 0.389 e. The Bertz CT molecular complexity index is 841. The number of nitrogens with zero attached hydrogens (tertiary/aromatic N) is 1. The Balaban J connectivity index is 1.45. The number of hydrogen-bond acceptors (Lipinski definition) is 5. The largest absolute Gasteiger partial charge is 0.484 e. The van der Waals surface area contributed by atoms with E-state index in [1.165, 1.54) is 11.8 Å². The Kier molecular flexibility index (Phi) is 5.03. The molecule has 2 heterocycles. The molecular weight excluding hydrogens is 391 g/mol. The number of alkyl halides is 3. The second-order valence-electron chi connectivity index (χ2n) is 7.50. The lowest BCUT2D eigenvalue weighted by Crippen LogP contribution is -2.49. The summed E-state index contributed by atoms with van der Waals surface area (Å²) in [6.07, 6.45) is -3.39. The van der Waals surface area contributed by atoms with Crippen LogP contribution in [-0.2, 0) is 9.53 Å². The molecule has 0 atom stereocenters. The van der Waals surface area contributed by atoms with Crippen LogP contribution in [0.1, 0.15) is 41.6 Å². The van der Waals surface area contributed by atoms with E-state index in [2.05, 4.69) is 0 Å². The van der Waals surface area contributed by atoms with Crippen molar-refractivity contribution < 1.29 is 27.5 Å². The summed E-state index contributed by atoms with van der Waals surface area (Å²) < 4.78 is 43.4. The van der Waals surface area contributed by atoms with E-state index in [1.54, 1.807) is 18.2 Å². The van der Waals surface area contributed by atoms with E-state index in [-0.39, 0.29) is 6.42 Å². The second-order valence-corrected chi connectivity index (χ2v) is 8.48. The first-order valence-electron chi connectivity index (χ1n) is 9.32. The van der Waals surface area contributed by atoms with Crippen molar-refractivity contribution >= 4 is 29.1 Å². The molecule has 0 unspecified atom stereocenters. The van der Waals surface area contributed by atoms with E-state index in [0.29, 0.717) is 60.0 Å². The monoisotopic (exact) mass is 411 g/mol. The van der Waals surface area contributed by atoms with Crippen LogP contribution in [0, 0.1) is 0 Å². The van der Waals surface area contributed by atoms with Crippen LogP contribution < -0.4 is 0 Å². The molecule has 1 aromatic rings. The highest BCUT2D eigenvalue weighted by molar-refractivity contribution is 8.04. The number of thioether (sulfide) groups is 1. The molecule has 1 aromatic carbocycles. The standard InChI is InChI=1S/C20H20F3NO3S/c21-20(22,23)6-3-9-24-10-7-19(8-11-24)12-28-18-16(26)15(25)13-4-1-2-5-14(13)17(18)27-19/h1-2,4-5H,3,6-12H2. The van der Waals surface area contributed by atoms with Crippen molar-refractivity contribution in [2.24, 2.45) is 0 Å². The van der Waals surface area contributed by atoms with Crippen molar-refractivity contribution in [3.05, 3.63) is 40.3 Å². The second kappa shape index (κ2) is 7.22. The number of Topliss-reactive ketones (excluding diaryl/α,β-unsaturated/α-hetero) is 2. The SMILES string of the molecule is O=C1C(=O)c2ccccc2C2=C1SCC1(CCN(CCCC(F)(F)F)CC1)O2. The number of fused-ring (bicyclic) bond motifs is 2. The van der Waals surface area contributed by atoms with Crippen LogP contribution >= 0.6 is 11.8 Å². The van der Waals surface area contributed by atoms with Gasteiger partial charge < -0.3 is 9.64 Å². The van der Waals surface area contributed by atoms with Crippen molar-refractivity contribution in [2.75, 3.05) is 25.4 Å². The van der Waals surface area contributed by atoms with Crippen LogP contribution in [0.3, 0.4) is 0 Å². The normalized spacial score (nSPS) is 22.1. The molecule has 0 saturated carbocycles. The molecule has 1 spiro atoms. The Morgan fingerprint density at radius 3 is 2.43 bits per heavy atom. The highest BCUT2D eigenvalue weighted by Gasteiger charge is 2.45. The Labute approximate surface area is 165 Å². The van der Waals surface area contributed by atoms with E-state index in [0.717, 1.165) is 0 Å². The molecule has 4 nitrogen and oxygen atoms in total. The van der Waals surface area contributed by atoms with Crippen molar-refractivity contribution in [2.45, 2.75) is 37.5 Å². The van der Waals surface area contributed by atoms with Crippen molar-refractivity contribution in [3.8, 4) is 0 Å². The van der Waals surface area contributed by atoms with Crippen molar-refractivity contribution in [3.63, 3.8) is 0 Å². The summed E-state index contributed by atoms with van der Waals surface area (Å²) in [5, 5.41) is 0. The van der Waals surface area contributed by atoms with Crippen LogP contribution in [0.4, 0.5) is 13.2 Å². The van der Waals surface area contributed by atoms with Gasteiger partial charge in [-0.1, -0.05) is 24.3 Å². The van der Waals surface area contributed by atoms with Crippen LogP contribution in [0.25, 0.3) is 5.76 Å². The molecule has 0 N–H and O–H groups in total. The number of allylic oxidation sites excluding steroid dienone is 1. The molecule has 150 valence electrons. The number of likely N-dealkylation sites (tertiary alicyclic amines) is 1. The lowest BCUT2D eigenvalue weighted by atomic mass is 9.90. The third-order valence-electron chi connectivity index (χ3n) is 5.54. The number of piperidine rings is 1. The van der Waals surface area contributed by atoms with Gasteiger partial charge in [-0.05, 0) is 13.0 Å². The molecule has 0 amide bonds. The third kappa shape index (κ3) is 3.72. The highest BCUT2D eigenvalue weighted by Crippen LogP contribution is 2.47. The summed E-state index contributed by atoms with van der Waals surface area (Å²) in [6.45, 7) is 1.75. The average molecular weight is 411 g/mol. The van der Waals surface area contributed by atoms with Gasteiger partial charge in [0.15, 0.2) is 0 Å². The first-order valence-corrected chi connectivity index (χ1v) is 10.3. The molecule has 1 saturated heterocycles. The zero-order chi connectivity index (χ0) is 19.9. The maximum absolute atomic E-state index is 12.4. The van der Waals surface area contributed by atoms with Gasteiger partial charge in [-0.2, -0.15) is 13.2 Å². The van der Waals surface area contributed by atoms with E-state index >= 15 is 0 Å². The first-order chi connectivity index (χ1) is 13.3. The highest BCUT2D eigenvalue weighted by atomic mass is 32.2. The summed E-state index contributed by atoms with van der Waals surface area (Å²) in [7, 11) is 0. The number of hydrogen-bond donors (Lipinski definition) is 0. The fourth-order valence-corrected chi connectivity index (χ4v) is 5.21. The molecule has 2 aliphatic heterocycles.